The molecule has 0 radical (unpaired) electrons. The Morgan fingerprint density at radius 3 is 2.29 bits per heavy atom. The molecule has 98 valence electrons. The average Bonchev–Trinajstić information content (AvgIpc) is 2.36. The zero-order valence-electron chi connectivity index (χ0n) is 10.8. The predicted molar refractivity (Wildman–Crippen MR) is 64.6 cm³/mol. The van der Waals surface area contributed by atoms with Crippen LogP contribution in [0.4, 0.5) is 0 Å². The van der Waals surface area contributed by atoms with Gasteiger partial charge in [0.15, 0.2) is 0 Å². The molecule has 0 aromatic carbocycles. The Balaban J connectivity index is 2.19. The molecule has 17 heavy (non-hydrogen) atoms. The van der Waals surface area contributed by atoms with E-state index >= 15 is 0 Å². The Morgan fingerprint density at radius 1 is 1.12 bits per heavy atom. The first kappa shape index (κ1) is 14.0. The van der Waals surface area contributed by atoms with Crippen LogP contribution in [0, 0.1) is 0 Å². The monoisotopic (exact) mass is 242 g/mol. The highest BCUT2D eigenvalue weighted by atomic mass is 16.5. The minimum absolute atomic E-state index is 0.139. The summed E-state index contributed by atoms with van der Waals surface area (Å²) in [6.07, 6.45) is 1.01. The number of hydrogen-bond acceptors (Lipinski definition) is 4. The van der Waals surface area contributed by atoms with Crippen molar-refractivity contribution in [3.8, 4) is 0 Å². The van der Waals surface area contributed by atoms with Crippen LogP contribution >= 0.6 is 0 Å². The van der Waals surface area contributed by atoms with Crippen LogP contribution in [-0.2, 0) is 14.3 Å². The second-order valence-corrected chi connectivity index (χ2v) is 4.13. The Morgan fingerprint density at radius 2 is 1.76 bits per heavy atom. The summed E-state index contributed by atoms with van der Waals surface area (Å²) in [5.74, 6) is 0.0783. The van der Waals surface area contributed by atoms with E-state index in [0.29, 0.717) is 19.4 Å². The Hall–Kier alpha value is -1.10. The third kappa shape index (κ3) is 4.73. The molecule has 0 aliphatic carbocycles. The first-order valence-corrected chi connectivity index (χ1v) is 6.33. The molecule has 0 atom stereocenters. The van der Waals surface area contributed by atoms with Crippen molar-refractivity contribution >= 4 is 11.9 Å². The Bertz CT molecular complexity index is 260. The molecule has 1 aliphatic rings. The zero-order chi connectivity index (χ0) is 12.7. The number of ether oxygens (including phenoxy) is 1. The highest BCUT2D eigenvalue weighted by Crippen LogP contribution is 2.04. The minimum atomic E-state index is -0.139. The van der Waals surface area contributed by atoms with Crippen molar-refractivity contribution in [3.63, 3.8) is 0 Å². The quantitative estimate of drug-likeness (QED) is 0.659. The molecule has 0 aromatic rings. The fourth-order valence-corrected chi connectivity index (χ4v) is 1.93. The minimum Gasteiger partial charge on any atom is -0.466 e. The molecule has 1 aliphatic heterocycles. The molecule has 1 rings (SSSR count). The molecule has 0 unspecified atom stereocenters. The standard InChI is InChI=1S/C12H22N2O3/c1-3-11(15)14-9-7-13(8-10-14)6-5-12(16)17-4-2/h3-10H2,1-2H3. The van der Waals surface area contributed by atoms with Gasteiger partial charge >= 0.3 is 5.97 Å². The van der Waals surface area contributed by atoms with E-state index in [1.54, 1.807) is 0 Å². The van der Waals surface area contributed by atoms with Crippen LogP contribution < -0.4 is 0 Å². The lowest BCUT2D eigenvalue weighted by Gasteiger charge is -2.34. The summed E-state index contributed by atoms with van der Waals surface area (Å²) >= 11 is 0. The smallest absolute Gasteiger partial charge is 0.307 e. The fourth-order valence-electron chi connectivity index (χ4n) is 1.93. The molecule has 1 heterocycles. The number of nitrogens with zero attached hydrogens (tertiary/aromatic N) is 2. The molecule has 0 aromatic heterocycles. The first-order chi connectivity index (χ1) is 8.17. The van der Waals surface area contributed by atoms with E-state index in [9.17, 15) is 9.59 Å². The number of amides is 1. The molecule has 5 nitrogen and oxygen atoms in total. The van der Waals surface area contributed by atoms with Crippen molar-refractivity contribution in [3.05, 3.63) is 0 Å². The number of carbonyl (C=O) groups excluding carboxylic acids is 2. The van der Waals surface area contributed by atoms with Gasteiger partial charge in [-0.15, -0.1) is 0 Å². The van der Waals surface area contributed by atoms with Crippen molar-refractivity contribution in [1.82, 2.24) is 9.80 Å². The number of hydrogen-bond donors (Lipinski definition) is 0. The maximum atomic E-state index is 11.5. The third-order valence-corrected chi connectivity index (χ3v) is 2.96. The van der Waals surface area contributed by atoms with Crippen LogP contribution in [0.5, 0.6) is 0 Å². The van der Waals surface area contributed by atoms with Crippen molar-refractivity contribution < 1.29 is 14.3 Å². The van der Waals surface area contributed by atoms with Crippen LogP contribution in [-0.4, -0.2) is 61.0 Å². The summed E-state index contributed by atoms with van der Waals surface area (Å²) in [7, 11) is 0. The largest absolute Gasteiger partial charge is 0.466 e. The van der Waals surface area contributed by atoms with E-state index in [0.717, 1.165) is 32.7 Å². The van der Waals surface area contributed by atoms with Crippen LogP contribution in [0.15, 0.2) is 0 Å². The summed E-state index contributed by atoms with van der Waals surface area (Å²) in [5.41, 5.74) is 0. The number of carbonyl (C=O) groups is 2. The van der Waals surface area contributed by atoms with Gasteiger partial charge in [-0.05, 0) is 6.92 Å². The molecular weight excluding hydrogens is 220 g/mol. The van der Waals surface area contributed by atoms with Crippen molar-refractivity contribution in [1.29, 1.82) is 0 Å². The van der Waals surface area contributed by atoms with Crippen molar-refractivity contribution in [2.24, 2.45) is 0 Å². The van der Waals surface area contributed by atoms with Crippen LogP contribution in [0.3, 0.4) is 0 Å². The maximum Gasteiger partial charge on any atom is 0.307 e. The summed E-state index contributed by atoms with van der Waals surface area (Å²) in [6.45, 7) is 8.12. The van der Waals surface area contributed by atoms with Gasteiger partial charge in [-0.3, -0.25) is 14.5 Å². The second-order valence-electron chi connectivity index (χ2n) is 4.13. The van der Waals surface area contributed by atoms with Gasteiger partial charge in [0.25, 0.3) is 0 Å². The molecule has 0 N–H and O–H groups in total. The van der Waals surface area contributed by atoms with Crippen molar-refractivity contribution in [2.75, 3.05) is 39.3 Å². The summed E-state index contributed by atoms with van der Waals surface area (Å²) in [6, 6.07) is 0. The van der Waals surface area contributed by atoms with Gasteiger partial charge in [-0.1, -0.05) is 6.92 Å². The number of piperazine rings is 1. The summed E-state index contributed by atoms with van der Waals surface area (Å²) in [5, 5.41) is 0. The van der Waals surface area contributed by atoms with Crippen molar-refractivity contribution in [2.45, 2.75) is 26.7 Å². The summed E-state index contributed by atoms with van der Waals surface area (Å²) in [4.78, 5) is 26.7. The zero-order valence-corrected chi connectivity index (χ0v) is 10.8. The van der Waals surface area contributed by atoms with Crippen LogP contribution in [0.2, 0.25) is 0 Å². The van der Waals surface area contributed by atoms with Gasteiger partial charge < -0.3 is 9.64 Å². The molecule has 1 amide bonds. The SMILES string of the molecule is CCOC(=O)CCN1CCN(C(=O)CC)CC1. The lowest BCUT2D eigenvalue weighted by Crippen LogP contribution is -2.48. The van der Waals surface area contributed by atoms with Gasteiger partial charge in [0, 0.05) is 39.1 Å². The van der Waals surface area contributed by atoms with E-state index in [1.165, 1.54) is 0 Å². The Labute approximate surface area is 103 Å². The highest BCUT2D eigenvalue weighted by Gasteiger charge is 2.20. The van der Waals surface area contributed by atoms with E-state index in [2.05, 4.69) is 4.90 Å². The fraction of sp³-hybridized carbons (Fsp3) is 0.833. The Kier molecular flexibility index (Phi) is 5.97. The number of esters is 1. The topological polar surface area (TPSA) is 49.9 Å². The van der Waals surface area contributed by atoms with E-state index in [1.807, 2.05) is 18.7 Å². The van der Waals surface area contributed by atoms with Gasteiger partial charge in [0.05, 0.1) is 13.0 Å². The van der Waals surface area contributed by atoms with Gasteiger partial charge in [0.2, 0.25) is 5.91 Å². The lowest BCUT2D eigenvalue weighted by atomic mass is 10.2. The molecule has 5 heteroatoms. The van der Waals surface area contributed by atoms with E-state index in [-0.39, 0.29) is 11.9 Å². The number of rotatable bonds is 5. The summed E-state index contributed by atoms with van der Waals surface area (Å²) < 4.78 is 4.88. The average molecular weight is 242 g/mol. The molecule has 0 spiro atoms. The second kappa shape index (κ2) is 7.27. The van der Waals surface area contributed by atoms with Crippen LogP contribution in [0.1, 0.15) is 26.7 Å². The molecule has 1 fully saturated rings. The first-order valence-electron chi connectivity index (χ1n) is 6.33. The lowest BCUT2D eigenvalue weighted by molar-refractivity contribution is -0.144. The van der Waals surface area contributed by atoms with Gasteiger partial charge in [-0.25, -0.2) is 0 Å². The molecule has 0 bridgehead atoms. The van der Waals surface area contributed by atoms with Gasteiger partial charge in [-0.2, -0.15) is 0 Å². The van der Waals surface area contributed by atoms with Gasteiger partial charge in [0.1, 0.15) is 0 Å². The molecular formula is C12H22N2O3. The molecule has 0 saturated carbocycles. The van der Waals surface area contributed by atoms with E-state index < -0.39 is 0 Å². The maximum absolute atomic E-state index is 11.5. The predicted octanol–water partition coefficient (Wildman–Crippen LogP) is 0.494. The highest BCUT2D eigenvalue weighted by molar-refractivity contribution is 5.75. The normalized spacial score (nSPS) is 16.9. The third-order valence-electron chi connectivity index (χ3n) is 2.96. The van der Waals surface area contributed by atoms with E-state index in [4.69, 9.17) is 4.74 Å². The molecule has 1 saturated heterocycles. The van der Waals surface area contributed by atoms with Crippen LogP contribution in [0.25, 0.3) is 0 Å².